The lowest BCUT2D eigenvalue weighted by molar-refractivity contribution is 0.103. The van der Waals surface area contributed by atoms with Crippen LogP contribution in [0.5, 0.6) is 0 Å². The molecule has 0 aliphatic heterocycles. The fourth-order valence-corrected chi connectivity index (χ4v) is 1.80. The summed E-state index contributed by atoms with van der Waals surface area (Å²) < 4.78 is 50.3. The Morgan fingerprint density at radius 3 is 1.50 bits per heavy atom. The molecule has 0 N–H and O–H groups in total. The van der Waals surface area contributed by atoms with Crippen molar-refractivity contribution in [2.75, 3.05) is 0 Å². The molecular formula is C15H10F4O. The molecule has 104 valence electrons. The number of carbonyl (C=O) groups excluding carboxylic acids is 1. The van der Waals surface area contributed by atoms with Crippen LogP contribution in [0.25, 0.3) is 0 Å². The van der Waals surface area contributed by atoms with E-state index < -0.39 is 18.6 Å². The highest BCUT2D eigenvalue weighted by atomic mass is 19.3. The lowest BCUT2D eigenvalue weighted by Gasteiger charge is -2.06. The predicted octanol–water partition coefficient (Wildman–Crippen LogP) is 4.79. The van der Waals surface area contributed by atoms with Crippen molar-refractivity contribution in [1.82, 2.24) is 0 Å². The molecular weight excluding hydrogens is 272 g/mol. The van der Waals surface area contributed by atoms with Crippen LogP contribution < -0.4 is 0 Å². The van der Waals surface area contributed by atoms with Gasteiger partial charge in [0.1, 0.15) is 0 Å². The third-order valence-electron chi connectivity index (χ3n) is 2.80. The molecule has 5 heteroatoms. The van der Waals surface area contributed by atoms with Crippen LogP contribution >= 0.6 is 0 Å². The lowest BCUT2D eigenvalue weighted by atomic mass is 10.00. The van der Waals surface area contributed by atoms with Gasteiger partial charge in [0.15, 0.2) is 5.78 Å². The Hall–Kier alpha value is -2.17. The van der Waals surface area contributed by atoms with E-state index >= 15 is 0 Å². The first kappa shape index (κ1) is 14.2. The van der Waals surface area contributed by atoms with Crippen molar-refractivity contribution >= 4 is 5.78 Å². The average molecular weight is 282 g/mol. The predicted molar refractivity (Wildman–Crippen MR) is 66.2 cm³/mol. The number of halogens is 4. The van der Waals surface area contributed by atoms with Crippen molar-refractivity contribution in [2.45, 2.75) is 12.9 Å². The van der Waals surface area contributed by atoms with Gasteiger partial charge in [-0.1, -0.05) is 36.4 Å². The second-order valence-corrected chi connectivity index (χ2v) is 4.18. The number of ketones is 1. The number of rotatable bonds is 4. The van der Waals surface area contributed by atoms with E-state index in [9.17, 15) is 22.4 Å². The quantitative estimate of drug-likeness (QED) is 0.582. The van der Waals surface area contributed by atoms with Crippen molar-refractivity contribution in [3.8, 4) is 0 Å². The van der Waals surface area contributed by atoms with E-state index in [-0.39, 0.29) is 22.3 Å². The smallest absolute Gasteiger partial charge is 0.263 e. The molecule has 2 aromatic carbocycles. The van der Waals surface area contributed by atoms with Crippen molar-refractivity contribution in [2.24, 2.45) is 0 Å². The molecule has 0 radical (unpaired) electrons. The van der Waals surface area contributed by atoms with Crippen molar-refractivity contribution in [3.63, 3.8) is 0 Å². The molecule has 0 aliphatic rings. The van der Waals surface area contributed by atoms with Gasteiger partial charge in [0.05, 0.1) is 0 Å². The van der Waals surface area contributed by atoms with Gasteiger partial charge in [0.2, 0.25) is 0 Å². The Morgan fingerprint density at radius 2 is 1.15 bits per heavy atom. The van der Waals surface area contributed by atoms with E-state index in [4.69, 9.17) is 0 Å². The summed E-state index contributed by atoms with van der Waals surface area (Å²) in [5.41, 5.74) is -0.454. The molecule has 0 fully saturated rings. The fourth-order valence-electron chi connectivity index (χ4n) is 1.80. The van der Waals surface area contributed by atoms with Gasteiger partial charge in [-0.2, -0.15) is 0 Å². The normalized spacial score (nSPS) is 11.1. The Balaban J connectivity index is 2.36. The van der Waals surface area contributed by atoms with Crippen LogP contribution in [0.3, 0.4) is 0 Å². The fraction of sp³-hybridized carbons (Fsp3) is 0.133. The molecule has 20 heavy (non-hydrogen) atoms. The maximum atomic E-state index is 12.6. The third-order valence-corrected chi connectivity index (χ3v) is 2.80. The molecule has 0 amide bonds. The van der Waals surface area contributed by atoms with Gasteiger partial charge in [-0.05, 0) is 12.1 Å². The number of benzene rings is 2. The van der Waals surface area contributed by atoms with Crippen LogP contribution in [0, 0.1) is 0 Å². The van der Waals surface area contributed by atoms with Gasteiger partial charge in [-0.15, -0.1) is 0 Å². The molecule has 0 saturated carbocycles. The summed E-state index contributed by atoms with van der Waals surface area (Å²) in [6, 6.07) is 9.99. The second-order valence-electron chi connectivity index (χ2n) is 4.18. The van der Waals surface area contributed by atoms with Crippen molar-refractivity contribution in [3.05, 3.63) is 70.8 Å². The first-order valence-electron chi connectivity index (χ1n) is 5.80. The molecule has 0 saturated heterocycles. The molecule has 0 aliphatic carbocycles. The van der Waals surface area contributed by atoms with Crippen LogP contribution in [0.15, 0.2) is 48.5 Å². The van der Waals surface area contributed by atoms with Crippen molar-refractivity contribution in [1.29, 1.82) is 0 Å². The molecule has 2 rings (SSSR count). The summed E-state index contributed by atoms with van der Waals surface area (Å²) in [7, 11) is 0. The highest BCUT2D eigenvalue weighted by Gasteiger charge is 2.15. The van der Waals surface area contributed by atoms with Gasteiger partial charge in [0, 0.05) is 22.3 Å². The maximum absolute atomic E-state index is 12.6. The van der Waals surface area contributed by atoms with Crippen LogP contribution in [0.4, 0.5) is 17.6 Å². The minimum absolute atomic E-state index is 0.0502. The number of carbonyl (C=O) groups is 1. The lowest BCUT2D eigenvalue weighted by Crippen LogP contribution is -2.03. The van der Waals surface area contributed by atoms with Crippen molar-refractivity contribution < 1.29 is 22.4 Å². The van der Waals surface area contributed by atoms with Gasteiger partial charge in [0.25, 0.3) is 12.9 Å². The summed E-state index contributed by atoms with van der Waals surface area (Å²) >= 11 is 0. The summed E-state index contributed by atoms with van der Waals surface area (Å²) in [5, 5.41) is 0. The topological polar surface area (TPSA) is 17.1 Å². The highest BCUT2D eigenvalue weighted by molar-refractivity contribution is 6.09. The summed E-state index contributed by atoms with van der Waals surface area (Å²) in [6.07, 6.45) is -5.37. The van der Waals surface area contributed by atoms with Crippen LogP contribution in [-0.4, -0.2) is 5.78 Å². The highest BCUT2D eigenvalue weighted by Crippen LogP contribution is 2.23. The largest absolute Gasteiger partial charge is 0.289 e. The van der Waals surface area contributed by atoms with Gasteiger partial charge < -0.3 is 0 Å². The molecule has 0 heterocycles. The van der Waals surface area contributed by atoms with Crippen LogP contribution in [0.1, 0.15) is 39.9 Å². The summed E-state index contributed by atoms with van der Waals surface area (Å²) in [4.78, 5) is 12.1. The zero-order valence-corrected chi connectivity index (χ0v) is 10.2. The zero-order chi connectivity index (χ0) is 14.7. The summed E-state index contributed by atoms with van der Waals surface area (Å²) in [6.45, 7) is 0. The Labute approximate surface area is 112 Å². The molecule has 1 nitrogen and oxygen atoms in total. The van der Waals surface area contributed by atoms with E-state index in [2.05, 4.69) is 0 Å². The monoisotopic (exact) mass is 282 g/mol. The Morgan fingerprint density at radius 1 is 0.750 bits per heavy atom. The SMILES string of the molecule is O=C(c1cccc(C(F)F)c1)c1cccc(C(F)F)c1. The van der Waals surface area contributed by atoms with Gasteiger partial charge in [-0.3, -0.25) is 4.79 Å². The van der Waals surface area contributed by atoms with E-state index in [1.165, 1.54) is 36.4 Å². The van der Waals surface area contributed by atoms with E-state index in [0.717, 1.165) is 12.1 Å². The molecule has 2 aromatic rings. The molecule has 0 atom stereocenters. The Bertz CT molecular complexity index is 569. The molecule has 0 bridgehead atoms. The summed E-state index contributed by atoms with van der Waals surface area (Å²) in [5.74, 6) is -0.560. The zero-order valence-electron chi connectivity index (χ0n) is 10.2. The average Bonchev–Trinajstić information content (AvgIpc) is 2.46. The van der Waals surface area contributed by atoms with Gasteiger partial charge >= 0.3 is 0 Å². The molecule has 0 spiro atoms. The van der Waals surface area contributed by atoms with Crippen LogP contribution in [0.2, 0.25) is 0 Å². The van der Waals surface area contributed by atoms with E-state index in [1.54, 1.807) is 0 Å². The number of alkyl halides is 4. The number of hydrogen-bond donors (Lipinski definition) is 0. The van der Waals surface area contributed by atoms with Gasteiger partial charge in [-0.25, -0.2) is 17.6 Å². The minimum Gasteiger partial charge on any atom is -0.289 e. The standard InChI is InChI=1S/C15H10F4O/c16-14(17)11-5-1-3-9(7-11)13(20)10-4-2-6-12(8-10)15(18)19/h1-8,14-15H. The molecule has 0 unspecified atom stereocenters. The first-order chi connectivity index (χ1) is 9.49. The molecule has 0 aromatic heterocycles. The minimum atomic E-state index is -2.69. The Kier molecular flexibility index (Phi) is 4.17. The third kappa shape index (κ3) is 3.04. The first-order valence-corrected chi connectivity index (χ1v) is 5.80. The maximum Gasteiger partial charge on any atom is 0.263 e. The second kappa shape index (κ2) is 5.86. The van der Waals surface area contributed by atoms with E-state index in [1.807, 2.05) is 0 Å². The number of hydrogen-bond acceptors (Lipinski definition) is 1. The van der Waals surface area contributed by atoms with E-state index in [0.29, 0.717) is 0 Å². The van der Waals surface area contributed by atoms with Crippen LogP contribution in [-0.2, 0) is 0 Å².